The monoisotopic (exact) mass is 365 g/mol. The molecule has 7 nitrogen and oxygen atoms in total. The van der Waals surface area contributed by atoms with Crippen molar-refractivity contribution in [2.45, 2.75) is 58.6 Å². The fraction of sp³-hybridized carbons (Fsp3) is 0.842. The van der Waals surface area contributed by atoms with Gasteiger partial charge in [0, 0.05) is 44.7 Å². The molecule has 0 aromatic carbocycles. The zero-order valence-electron chi connectivity index (χ0n) is 16.2. The third kappa shape index (κ3) is 3.87. The van der Waals surface area contributed by atoms with E-state index in [4.69, 9.17) is 4.74 Å². The van der Waals surface area contributed by atoms with Crippen molar-refractivity contribution >= 4 is 17.7 Å². The number of nitrogens with zero attached hydrogens (tertiary/aromatic N) is 3. The lowest BCUT2D eigenvalue weighted by Gasteiger charge is -2.38. The summed E-state index contributed by atoms with van der Waals surface area (Å²) in [6.45, 7) is 9.16. The van der Waals surface area contributed by atoms with Crippen LogP contribution in [0.2, 0.25) is 0 Å². The number of piperazine rings is 1. The Labute approximate surface area is 155 Å². The Balaban J connectivity index is 1.56. The third-order valence-electron chi connectivity index (χ3n) is 5.55. The van der Waals surface area contributed by atoms with Crippen molar-refractivity contribution in [1.29, 1.82) is 0 Å². The summed E-state index contributed by atoms with van der Waals surface area (Å²) in [5, 5.41) is 0. The van der Waals surface area contributed by atoms with Crippen LogP contribution in [0.4, 0.5) is 0 Å². The van der Waals surface area contributed by atoms with E-state index in [2.05, 4.69) is 0 Å². The van der Waals surface area contributed by atoms with Crippen LogP contribution < -0.4 is 0 Å². The van der Waals surface area contributed by atoms with Gasteiger partial charge in [0.15, 0.2) is 0 Å². The van der Waals surface area contributed by atoms with Gasteiger partial charge < -0.3 is 19.4 Å². The largest absolute Gasteiger partial charge is 0.368 e. The first-order chi connectivity index (χ1) is 12.3. The number of hydrogen-bond acceptors (Lipinski definition) is 4. The van der Waals surface area contributed by atoms with Crippen molar-refractivity contribution in [3.05, 3.63) is 0 Å². The molecule has 3 amide bonds. The maximum absolute atomic E-state index is 13.0. The van der Waals surface area contributed by atoms with Crippen molar-refractivity contribution in [3.63, 3.8) is 0 Å². The predicted molar refractivity (Wildman–Crippen MR) is 96.3 cm³/mol. The standard InChI is InChI=1S/C19H31N3O4/c1-19(2,3)18(25)22-8-4-6-14(22)16(23)20-9-11-21(12-10-20)17(24)15-7-5-13-26-15/h14-15H,4-13H2,1-3H3. The fourth-order valence-corrected chi connectivity index (χ4v) is 4.03. The van der Waals surface area contributed by atoms with Gasteiger partial charge >= 0.3 is 0 Å². The Morgan fingerprint density at radius 3 is 2.00 bits per heavy atom. The second kappa shape index (κ2) is 7.55. The molecule has 146 valence electrons. The molecular weight excluding hydrogens is 334 g/mol. The molecule has 0 radical (unpaired) electrons. The van der Waals surface area contributed by atoms with E-state index in [1.54, 1.807) is 4.90 Å². The normalized spacial score (nSPS) is 27.1. The maximum Gasteiger partial charge on any atom is 0.251 e. The van der Waals surface area contributed by atoms with E-state index < -0.39 is 5.41 Å². The summed E-state index contributed by atoms with van der Waals surface area (Å²) in [6.07, 6.45) is 3.04. The lowest BCUT2D eigenvalue weighted by Crippen LogP contribution is -2.57. The van der Waals surface area contributed by atoms with Crippen molar-refractivity contribution in [2.24, 2.45) is 5.41 Å². The SMILES string of the molecule is CC(C)(C)C(=O)N1CCCC1C(=O)N1CCN(C(=O)C2CCCO2)CC1. The number of likely N-dealkylation sites (tertiary alicyclic amines) is 1. The smallest absolute Gasteiger partial charge is 0.251 e. The fourth-order valence-electron chi connectivity index (χ4n) is 4.03. The van der Waals surface area contributed by atoms with E-state index in [0.29, 0.717) is 39.3 Å². The molecule has 3 heterocycles. The predicted octanol–water partition coefficient (Wildman–Crippen LogP) is 0.873. The highest BCUT2D eigenvalue weighted by molar-refractivity contribution is 5.90. The topological polar surface area (TPSA) is 70.2 Å². The van der Waals surface area contributed by atoms with E-state index in [1.165, 1.54) is 0 Å². The Bertz CT molecular complexity index is 558. The second-order valence-electron chi connectivity index (χ2n) is 8.56. The zero-order chi connectivity index (χ0) is 18.9. The summed E-state index contributed by atoms with van der Waals surface area (Å²) in [5.41, 5.74) is -0.477. The third-order valence-corrected chi connectivity index (χ3v) is 5.55. The van der Waals surface area contributed by atoms with E-state index in [-0.39, 0.29) is 29.9 Å². The molecule has 0 N–H and O–H groups in total. The molecule has 7 heteroatoms. The molecule has 0 saturated carbocycles. The molecule has 26 heavy (non-hydrogen) atoms. The summed E-state index contributed by atoms with van der Waals surface area (Å²) in [5.74, 6) is 0.130. The van der Waals surface area contributed by atoms with Gasteiger partial charge in [0.1, 0.15) is 12.1 Å². The summed E-state index contributed by atoms with van der Waals surface area (Å²) in [4.78, 5) is 43.4. The van der Waals surface area contributed by atoms with Gasteiger partial charge in [0.2, 0.25) is 11.8 Å². The van der Waals surface area contributed by atoms with Crippen molar-refractivity contribution < 1.29 is 19.1 Å². The number of ether oxygens (including phenoxy) is 1. The van der Waals surface area contributed by atoms with Crippen LogP contribution in [0.1, 0.15) is 46.5 Å². The Morgan fingerprint density at radius 2 is 1.46 bits per heavy atom. The molecule has 0 spiro atoms. The Hall–Kier alpha value is -1.63. The molecule has 2 unspecified atom stereocenters. The van der Waals surface area contributed by atoms with Crippen LogP contribution in [0.5, 0.6) is 0 Å². The van der Waals surface area contributed by atoms with Gasteiger partial charge in [-0.05, 0) is 25.7 Å². The summed E-state index contributed by atoms with van der Waals surface area (Å²) < 4.78 is 5.48. The van der Waals surface area contributed by atoms with Crippen LogP contribution in [0.3, 0.4) is 0 Å². The molecule has 3 rings (SSSR count). The minimum absolute atomic E-state index is 0.0318. The molecule has 2 atom stereocenters. The van der Waals surface area contributed by atoms with Gasteiger partial charge in [-0.3, -0.25) is 14.4 Å². The van der Waals surface area contributed by atoms with Gasteiger partial charge in [0.05, 0.1) is 0 Å². The Kier molecular flexibility index (Phi) is 5.55. The van der Waals surface area contributed by atoms with Gasteiger partial charge in [-0.25, -0.2) is 0 Å². The van der Waals surface area contributed by atoms with Gasteiger partial charge in [-0.15, -0.1) is 0 Å². The molecule has 3 fully saturated rings. The molecule has 0 aromatic heterocycles. The number of carbonyl (C=O) groups is 3. The first-order valence-corrected chi connectivity index (χ1v) is 9.79. The maximum atomic E-state index is 13.0. The molecule has 0 aromatic rings. The molecule has 0 aliphatic carbocycles. The highest BCUT2D eigenvalue weighted by atomic mass is 16.5. The first kappa shape index (κ1) is 19.1. The lowest BCUT2D eigenvalue weighted by atomic mass is 9.94. The quantitative estimate of drug-likeness (QED) is 0.728. The van der Waals surface area contributed by atoms with E-state index in [0.717, 1.165) is 25.7 Å². The van der Waals surface area contributed by atoms with Crippen LogP contribution in [0.25, 0.3) is 0 Å². The number of amides is 3. The second-order valence-corrected chi connectivity index (χ2v) is 8.56. The van der Waals surface area contributed by atoms with E-state index in [9.17, 15) is 14.4 Å². The summed E-state index contributed by atoms with van der Waals surface area (Å²) in [7, 11) is 0. The molecule has 3 saturated heterocycles. The Morgan fingerprint density at radius 1 is 0.846 bits per heavy atom. The zero-order valence-corrected chi connectivity index (χ0v) is 16.2. The molecule has 3 aliphatic heterocycles. The van der Waals surface area contributed by atoms with Gasteiger partial charge in [-0.1, -0.05) is 20.8 Å². The molecule has 0 bridgehead atoms. The summed E-state index contributed by atoms with van der Waals surface area (Å²) >= 11 is 0. The summed E-state index contributed by atoms with van der Waals surface area (Å²) in [6, 6.07) is -0.345. The van der Waals surface area contributed by atoms with Gasteiger partial charge in [0.25, 0.3) is 5.91 Å². The number of carbonyl (C=O) groups excluding carboxylic acids is 3. The van der Waals surface area contributed by atoms with E-state index in [1.807, 2.05) is 30.6 Å². The average Bonchev–Trinajstić information content (AvgIpc) is 3.30. The van der Waals surface area contributed by atoms with Crippen LogP contribution >= 0.6 is 0 Å². The van der Waals surface area contributed by atoms with Crippen molar-refractivity contribution in [1.82, 2.24) is 14.7 Å². The first-order valence-electron chi connectivity index (χ1n) is 9.79. The number of hydrogen-bond donors (Lipinski definition) is 0. The average molecular weight is 365 g/mol. The minimum atomic E-state index is -0.477. The van der Waals surface area contributed by atoms with Gasteiger partial charge in [-0.2, -0.15) is 0 Å². The molecule has 3 aliphatic rings. The van der Waals surface area contributed by atoms with Crippen LogP contribution in [0, 0.1) is 5.41 Å². The van der Waals surface area contributed by atoms with Crippen molar-refractivity contribution in [3.8, 4) is 0 Å². The minimum Gasteiger partial charge on any atom is -0.368 e. The lowest BCUT2D eigenvalue weighted by molar-refractivity contribution is -0.151. The highest BCUT2D eigenvalue weighted by Crippen LogP contribution is 2.27. The highest BCUT2D eigenvalue weighted by Gasteiger charge is 2.41. The molecular formula is C19H31N3O4. The van der Waals surface area contributed by atoms with Crippen molar-refractivity contribution in [2.75, 3.05) is 39.3 Å². The van der Waals surface area contributed by atoms with Crippen LogP contribution in [-0.2, 0) is 19.1 Å². The van der Waals surface area contributed by atoms with E-state index >= 15 is 0 Å². The number of rotatable bonds is 2. The van der Waals surface area contributed by atoms with Crippen LogP contribution in [0.15, 0.2) is 0 Å². The van der Waals surface area contributed by atoms with Crippen LogP contribution in [-0.4, -0.2) is 83.9 Å².